The predicted molar refractivity (Wildman–Crippen MR) is 78.0 cm³/mol. The van der Waals surface area contributed by atoms with Crippen molar-refractivity contribution >= 4 is 8.56 Å². The summed E-state index contributed by atoms with van der Waals surface area (Å²) in [5.41, 5.74) is 0.770. The average molecular weight is 270 g/mol. The van der Waals surface area contributed by atoms with Crippen LogP contribution in [0.15, 0.2) is 0 Å². The molecule has 0 aromatic heterocycles. The Kier molecular flexibility index (Phi) is 5.71. The van der Waals surface area contributed by atoms with Gasteiger partial charge in [-0.3, -0.25) is 0 Å². The van der Waals surface area contributed by atoms with Gasteiger partial charge in [-0.25, -0.2) is 0 Å². The first-order valence-electron chi connectivity index (χ1n) is 8.08. The van der Waals surface area contributed by atoms with Crippen molar-refractivity contribution < 1.29 is 8.85 Å². The molecule has 0 heterocycles. The van der Waals surface area contributed by atoms with E-state index in [4.69, 9.17) is 8.85 Å². The van der Waals surface area contributed by atoms with E-state index in [0.29, 0.717) is 0 Å². The van der Waals surface area contributed by atoms with E-state index in [0.717, 1.165) is 24.7 Å². The first kappa shape index (κ1) is 14.5. The van der Waals surface area contributed by atoms with Crippen molar-refractivity contribution in [1.82, 2.24) is 0 Å². The molecule has 0 bridgehead atoms. The van der Waals surface area contributed by atoms with Crippen LogP contribution in [0.2, 0.25) is 11.6 Å². The monoisotopic (exact) mass is 270 g/mol. The zero-order valence-electron chi connectivity index (χ0n) is 12.2. The van der Waals surface area contributed by atoms with Gasteiger partial charge in [0.1, 0.15) is 0 Å². The first-order chi connectivity index (χ1) is 8.80. The minimum Gasteiger partial charge on any atom is -0.394 e. The van der Waals surface area contributed by atoms with Crippen molar-refractivity contribution in [2.75, 3.05) is 13.2 Å². The highest BCUT2D eigenvalue weighted by atomic mass is 28.4. The highest BCUT2D eigenvalue weighted by Gasteiger charge is 2.47. The lowest BCUT2D eigenvalue weighted by atomic mass is 9.87. The van der Waals surface area contributed by atoms with Crippen LogP contribution < -0.4 is 0 Å². The zero-order chi connectivity index (χ0) is 12.8. The summed E-state index contributed by atoms with van der Waals surface area (Å²) in [6.45, 7) is 5.97. The fourth-order valence-corrected chi connectivity index (χ4v) is 8.29. The lowest BCUT2D eigenvalue weighted by Gasteiger charge is -2.42. The normalized spacial score (nSPS) is 23.0. The van der Waals surface area contributed by atoms with E-state index in [2.05, 4.69) is 13.8 Å². The van der Waals surface area contributed by atoms with Crippen molar-refractivity contribution in [3.05, 3.63) is 0 Å². The minimum atomic E-state index is -1.93. The van der Waals surface area contributed by atoms with E-state index in [-0.39, 0.29) is 0 Å². The van der Waals surface area contributed by atoms with E-state index < -0.39 is 8.56 Å². The Balaban J connectivity index is 2.05. The van der Waals surface area contributed by atoms with Gasteiger partial charge in [-0.2, -0.15) is 0 Å². The Morgan fingerprint density at radius 1 is 0.833 bits per heavy atom. The van der Waals surface area contributed by atoms with Crippen molar-refractivity contribution in [3.8, 4) is 0 Å². The molecule has 0 aromatic carbocycles. The number of rotatable bonds is 7. The molecule has 2 aliphatic carbocycles. The molecule has 18 heavy (non-hydrogen) atoms. The molecular weight excluding hydrogens is 240 g/mol. The minimum absolute atomic E-state index is 0.770. The van der Waals surface area contributed by atoms with Crippen LogP contribution in [-0.2, 0) is 8.85 Å². The van der Waals surface area contributed by atoms with Crippen LogP contribution in [0.25, 0.3) is 0 Å². The van der Waals surface area contributed by atoms with E-state index in [1.807, 2.05) is 0 Å². The van der Waals surface area contributed by atoms with Crippen molar-refractivity contribution in [1.29, 1.82) is 0 Å². The smallest absolute Gasteiger partial charge is 0.341 e. The Morgan fingerprint density at radius 2 is 1.44 bits per heavy atom. The van der Waals surface area contributed by atoms with Gasteiger partial charge in [0.25, 0.3) is 0 Å². The molecule has 0 aliphatic heterocycles. The zero-order valence-corrected chi connectivity index (χ0v) is 13.2. The molecular formula is C15H30O2Si. The molecule has 0 N–H and O–H groups in total. The fourth-order valence-electron chi connectivity index (χ4n) is 3.69. The predicted octanol–water partition coefficient (Wildman–Crippen LogP) is 4.64. The molecule has 0 spiro atoms. The van der Waals surface area contributed by atoms with Gasteiger partial charge in [0.05, 0.1) is 0 Å². The Hall–Kier alpha value is 0.137. The maximum Gasteiger partial charge on any atom is 0.341 e. The first-order valence-corrected chi connectivity index (χ1v) is 10.2. The molecule has 2 fully saturated rings. The van der Waals surface area contributed by atoms with E-state index in [9.17, 15) is 0 Å². The molecule has 2 rings (SSSR count). The topological polar surface area (TPSA) is 18.5 Å². The molecule has 3 heteroatoms. The van der Waals surface area contributed by atoms with Gasteiger partial charge in [-0.15, -0.1) is 0 Å². The SMILES string of the molecule is CCO[Si](CC1CCC1)(OCC)C1CCCCC1. The lowest BCUT2D eigenvalue weighted by Crippen LogP contribution is -2.49. The molecule has 2 saturated carbocycles. The summed E-state index contributed by atoms with van der Waals surface area (Å²) in [5, 5.41) is 0. The van der Waals surface area contributed by atoms with Crippen LogP contribution >= 0.6 is 0 Å². The fraction of sp³-hybridized carbons (Fsp3) is 1.00. The van der Waals surface area contributed by atoms with Crippen LogP contribution in [0.3, 0.4) is 0 Å². The van der Waals surface area contributed by atoms with Gasteiger partial charge >= 0.3 is 8.56 Å². The summed E-state index contributed by atoms with van der Waals surface area (Å²) in [6, 6.07) is 1.28. The van der Waals surface area contributed by atoms with Crippen molar-refractivity contribution in [2.24, 2.45) is 5.92 Å². The van der Waals surface area contributed by atoms with Crippen molar-refractivity contribution in [3.63, 3.8) is 0 Å². The molecule has 0 unspecified atom stereocenters. The molecule has 2 nitrogen and oxygen atoms in total. The summed E-state index contributed by atoms with van der Waals surface area (Å²) in [6.07, 6.45) is 11.2. The number of hydrogen-bond acceptors (Lipinski definition) is 2. The summed E-state index contributed by atoms with van der Waals surface area (Å²) in [7, 11) is -1.93. The highest BCUT2D eigenvalue weighted by molar-refractivity contribution is 6.69. The summed E-state index contributed by atoms with van der Waals surface area (Å²) in [4.78, 5) is 0. The summed E-state index contributed by atoms with van der Waals surface area (Å²) in [5.74, 6) is 0.914. The summed E-state index contributed by atoms with van der Waals surface area (Å²) >= 11 is 0. The van der Waals surface area contributed by atoms with Crippen LogP contribution in [0.5, 0.6) is 0 Å². The third-order valence-electron chi connectivity index (χ3n) is 4.80. The molecule has 0 aromatic rings. The average Bonchev–Trinajstić information content (AvgIpc) is 2.35. The van der Waals surface area contributed by atoms with Gasteiger partial charge in [0, 0.05) is 18.8 Å². The second-order valence-corrected chi connectivity index (χ2v) is 9.44. The Labute approximate surface area is 114 Å². The third kappa shape index (κ3) is 3.37. The molecule has 0 radical (unpaired) electrons. The Morgan fingerprint density at radius 3 is 1.89 bits per heavy atom. The molecule has 106 valence electrons. The summed E-state index contributed by atoms with van der Waals surface area (Å²) < 4.78 is 12.7. The van der Waals surface area contributed by atoms with Gasteiger partial charge in [0.15, 0.2) is 0 Å². The molecule has 2 aliphatic rings. The second-order valence-electron chi connectivity index (χ2n) is 6.01. The molecule has 0 atom stereocenters. The van der Waals surface area contributed by atoms with Crippen molar-refractivity contribution in [2.45, 2.75) is 76.8 Å². The van der Waals surface area contributed by atoms with E-state index in [1.165, 1.54) is 57.4 Å². The third-order valence-corrected chi connectivity index (χ3v) is 9.32. The molecule has 0 saturated heterocycles. The van der Waals surface area contributed by atoms with Gasteiger partial charge < -0.3 is 8.85 Å². The van der Waals surface area contributed by atoms with E-state index >= 15 is 0 Å². The van der Waals surface area contributed by atoms with E-state index in [1.54, 1.807) is 0 Å². The highest BCUT2D eigenvalue weighted by Crippen LogP contribution is 2.45. The van der Waals surface area contributed by atoms with Crippen LogP contribution in [0, 0.1) is 5.92 Å². The van der Waals surface area contributed by atoms with Gasteiger partial charge in [-0.05, 0) is 38.7 Å². The maximum absolute atomic E-state index is 6.33. The van der Waals surface area contributed by atoms with Crippen LogP contribution in [0.1, 0.15) is 65.2 Å². The van der Waals surface area contributed by atoms with Crippen LogP contribution in [-0.4, -0.2) is 21.8 Å². The lowest BCUT2D eigenvalue weighted by molar-refractivity contribution is 0.151. The number of hydrogen-bond donors (Lipinski definition) is 0. The van der Waals surface area contributed by atoms with Crippen LogP contribution in [0.4, 0.5) is 0 Å². The van der Waals surface area contributed by atoms with Gasteiger partial charge in [0.2, 0.25) is 0 Å². The van der Waals surface area contributed by atoms with Gasteiger partial charge in [-0.1, -0.05) is 38.5 Å². The quantitative estimate of drug-likeness (QED) is 0.628. The molecule has 0 amide bonds. The second kappa shape index (κ2) is 7.06. The maximum atomic E-state index is 6.33. The Bertz CT molecular complexity index is 229. The standard InChI is InChI=1S/C15H30O2Si/c1-3-16-18(17-4-2,13-14-9-8-10-14)15-11-6-5-7-12-15/h14-15H,3-13H2,1-2H3. The largest absolute Gasteiger partial charge is 0.394 e.